The topological polar surface area (TPSA) is 23.5 Å². The largest absolute Gasteiger partial charge is 0.392 e. The summed E-state index contributed by atoms with van der Waals surface area (Å²) < 4.78 is 0. The fourth-order valence-electron chi connectivity index (χ4n) is 4.54. The van der Waals surface area contributed by atoms with Crippen LogP contribution in [0.1, 0.15) is 47.1 Å². The molecular formula is C22H27NO. The SMILES string of the molecule is CCN1CCC2Cc3cc(Cc4ccc(CO)cc4)ccc3C2C1. The average molecular weight is 321 g/mol. The van der Waals surface area contributed by atoms with Crippen LogP contribution in [0.4, 0.5) is 0 Å². The van der Waals surface area contributed by atoms with Crippen LogP contribution in [0, 0.1) is 5.92 Å². The predicted molar refractivity (Wildman–Crippen MR) is 98.3 cm³/mol. The number of hydrogen-bond donors (Lipinski definition) is 1. The van der Waals surface area contributed by atoms with Crippen molar-refractivity contribution in [3.05, 3.63) is 70.3 Å². The van der Waals surface area contributed by atoms with Gasteiger partial charge < -0.3 is 10.0 Å². The average Bonchev–Trinajstić information content (AvgIpc) is 2.99. The molecule has 2 unspecified atom stereocenters. The molecule has 1 aliphatic carbocycles. The van der Waals surface area contributed by atoms with Gasteiger partial charge in [0.05, 0.1) is 6.61 Å². The Morgan fingerprint density at radius 3 is 2.54 bits per heavy atom. The molecule has 1 saturated heterocycles. The van der Waals surface area contributed by atoms with E-state index in [1.807, 2.05) is 12.1 Å². The van der Waals surface area contributed by atoms with Crippen LogP contribution in [-0.4, -0.2) is 29.6 Å². The van der Waals surface area contributed by atoms with Crippen LogP contribution in [-0.2, 0) is 19.4 Å². The second kappa shape index (κ2) is 6.70. The minimum atomic E-state index is 0.122. The van der Waals surface area contributed by atoms with Crippen LogP contribution < -0.4 is 0 Å². The third-order valence-corrected chi connectivity index (χ3v) is 5.99. The van der Waals surface area contributed by atoms with Gasteiger partial charge in [0.2, 0.25) is 0 Å². The zero-order chi connectivity index (χ0) is 16.5. The lowest BCUT2D eigenvalue weighted by Gasteiger charge is -2.34. The zero-order valence-corrected chi connectivity index (χ0v) is 14.5. The molecule has 2 aromatic carbocycles. The molecule has 2 nitrogen and oxygen atoms in total. The highest BCUT2D eigenvalue weighted by atomic mass is 16.3. The third kappa shape index (κ3) is 3.01. The van der Waals surface area contributed by atoms with E-state index in [1.54, 1.807) is 11.1 Å². The van der Waals surface area contributed by atoms with Gasteiger partial charge in [-0.2, -0.15) is 0 Å². The molecule has 0 bridgehead atoms. The first kappa shape index (κ1) is 15.9. The van der Waals surface area contributed by atoms with Crippen molar-refractivity contribution >= 4 is 0 Å². The second-order valence-electron chi connectivity index (χ2n) is 7.44. The van der Waals surface area contributed by atoms with Gasteiger partial charge in [-0.05, 0) is 66.1 Å². The quantitative estimate of drug-likeness (QED) is 0.927. The predicted octanol–water partition coefficient (Wildman–Crippen LogP) is 3.75. The van der Waals surface area contributed by atoms with Crippen LogP contribution >= 0.6 is 0 Å². The molecule has 24 heavy (non-hydrogen) atoms. The first-order valence-corrected chi connectivity index (χ1v) is 9.29. The van der Waals surface area contributed by atoms with Gasteiger partial charge >= 0.3 is 0 Å². The Hall–Kier alpha value is -1.64. The summed E-state index contributed by atoms with van der Waals surface area (Å²) in [5.74, 6) is 1.62. The Morgan fingerprint density at radius 1 is 1.04 bits per heavy atom. The minimum Gasteiger partial charge on any atom is -0.392 e. The number of aliphatic hydroxyl groups is 1. The summed E-state index contributed by atoms with van der Waals surface area (Å²) in [6.45, 7) is 6.10. The van der Waals surface area contributed by atoms with E-state index in [4.69, 9.17) is 5.11 Å². The summed E-state index contributed by atoms with van der Waals surface area (Å²) in [5, 5.41) is 9.16. The number of fused-ring (bicyclic) bond motifs is 3. The van der Waals surface area contributed by atoms with Crippen molar-refractivity contribution < 1.29 is 5.11 Å². The van der Waals surface area contributed by atoms with Crippen molar-refractivity contribution in [3.63, 3.8) is 0 Å². The summed E-state index contributed by atoms with van der Waals surface area (Å²) in [7, 11) is 0. The van der Waals surface area contributed by atoms with Crippen molar-refractivity contribution in [2.75, 3.05) is 19.6 Å². The van der Waals surface area contributed by atoms with Crippen molar-refractivity contribution in [2.45, 2.75) is 38.7 Å². The maximum Gasteiger partial charge on any atom is 0.0681 e. The summed E-state index contributed by atoms with van der Waals surface area (Å²) in [4.78, 5) is 2.60. The number of nitrogens with zero attached hydrogens (tertiary/aromatic N) is 1. The van der Waals surface area contributed by atoms with Crippen LogP contribution in [0.15, 0.2) is 42.5 Å². The van der Waals surface area contributed by atoms with Crippen molar-refractivity contribution in [2.24, 2.45) is 5.92 Å². The lowest BCUT2D eigenvalue weighted by Crippen LogP contribution is -2.37. The van der Waals surface area contributed by atoms with E-state index in [-0.39, 0.29) is 6.61 Å². The van der Waals surface area contributed by atoms with Gasteiger partial charge in [-0.1, -0.05) is 49.4 Å². The molecule has 1 heterocycles. The summed E-state index contributed by atoms with van der Waals surface area (Å²) in [6, 6.07) is 15.5. The van der Waals surface area contributed by atoms with Gasteiger partial charge in [-0.25, -0.2) is 0 Å². The molecule has 2 heteroatoms. The van der Waals surface area contributed by atoms with Gasteiger partial charge in [0.1, 0.15) is 0 Å². The standard InChI is InChI=1S/C22H27NO/c1-2-23-10-9-19-13-20-12-18(7-8-21(20)22(19)14-23)11-16-3-5-17(15-24)6-4-16/h3-8,12,19,22,24H,2,9-11,13-15H2,1H3. The molecule has 126 valence electrons. The van der Waals surface area contributed by atoms with E-state index in [9.17, 15) is 0 Å². The maximum absolute atomic E-state index is 9.16. The number of hydrogen-bond acceptors (Lipinski definition) is 2. The van der Waals surface area contributed by atoms with E-state index >= 15 is 0 Å². The molecule has 1 N–H and O–H groups in total. The second-order valence-corrected chi connectivity index (χ2v) is 7.44. The monoisotopic (exact) mass is 321 g/mol. The number of likely N-dealkylation sites (N-methyl/N-ethyl adjacent to an activating group) is 1. The van der Waals surface area contributed by atoms with Gasteiger partial charge in [0.15, 0.2) is 0 Å². The Morgan fingerprint density at radius 2 is 1.79 bits per heavy atom. The minimum absolute atomic E-state index is 0.122. The number of rotatable bonds is 4. The van der Waals surface area contributed by atoms with Crippen LogP contribution in [0.25, 0.3) is 0 Å². The van der Waals surface area contributed by atoms with Crippen LogP contribution in [0.3, 0.4) is 0 Å². The molecule has 0 aromatic heterocycles. The molecular weight excluding hydrogens is 294 g/mol. The van der Waals surface area contributed by atoms with Crippen molar-refractivity contribution in [3.8, 4) is 0 Å². The Balaban J connectivity index is 1.52. The fourth-order valence-corrected chi connectivity index (χ4v) is 4.54. The first-order chi connectivity index (χ1) is 11.8. The van der Waals surface area contributed by atoms with Gasteiger partial charge in [0, 0.05) is 12.5 Å². The molecule has 2 aromatic rings. The highest BCUT2D eigenvalue weighted by Crippen LogP contribution is 2.43. The Bertz CT molecular complexity index is 706. The maximum atomic E-state index is 9.16. The van der Waals surface area contributed by atoms with E-state index in [1.165, 1.54) is 43.6 Å². The molecule has 1 fully saturated rings. The zero-order valence-electron chi connectivity index (χ0n) is 14.5. The highest BCUT2D eigenvalue weighted by molar-refractivity contribution is 5.41. The van der Waals surface area contributed by atoms with Gasteiger partial charge in [-0.15, -0.1) is 0 Å². The molecule has 0 amide bonds. The number of aliphatic hydroxyl groups excluding tert-OH is 1. The summed E-state index contributed by atoms with van der Waals surface area (Å²) >= 11 is 0. The van der Waals surface area contributed by atoms with E-state index in [0.717, 1.165) is 23.8 Å². The number of benzene rings is 2. The number of likely N-dealkylation sites (tertiary alicyclic amines) is 1. The van der Waals surface area contributed by atoms with Crippen molar-refractivity contribution in [1.29, 1.82) is 0 Å². The van der Waals surface area contributed by atoms with E-state index < -0.39 is 0 Å². The summed E-state index contributed by atoms with van der Waals surface area (Å²) in [5.41, 5.74) is 6.92. The molecule has 2 atom stereocenters. The molecule has 0 spiro atoms. The molecule has 0 radical (unpaired) electrons. The third-order valence-electron chi connectivity index (χ3n) is 5.99. The van der Waals surface area contributed by atoms with Crippen LogP contribution in [0.5, 0.6) is 0 Å². The highest BCUT2D eigenvalue weighted by Gasteiger charge is 2.36. The molecule has 1 aliphatic heterocycles. The Kier molecular flexibility index (Phi) is 4.43. The first-order valence-electron chi connectivity index (χ1n) is 9.29. The lowest BCUT2D eigenvalue weighted by atomic mass is 9.86. The van der Waals surface area contributed by atoms with Crippen molar-refractivity contribution in [1.82, 2.24) is 4.90 Å². The smallest absolute Gasteiger partial charge is 0.0681 e. The lowest BCUT2D eigenvalue weighted by molar-refractivity contribution is 0.175. The van der Waals surface area contributed by atoms with Crippen LogP contribution in [0.2, 0.25) is 0 Å². The normalized spacial score (nSPS) is 23.1. The van der Waals surface area contributed by atoms with E-state index in [0.29, 0.717) is 0 Å². The Labute approximate surface area is 145 Å². The fraction of sp³-hybridized carbons (Fsp3) is 0.455. The van der Waals surface area contributed by atoms with Gasteiger partial charge in [-0.3, -0.25) is 0 Å². The van der Waals surface area contributed by atoms with Gasteiger partial charge in [0.25, 0.3) is 0 Å². The number of piperidine rings is 1. The molecule has 4 rings (SSSR count). The summed E-state index contributed by atoms with van der Waals surface area (Å²) in [6.07, 6.45) is 3.61. The van der Waals surface area contributed by atoms with E-state index in [2.05, 4.69) is 42.2 Å². The molecule has 0 saturated carbocycles. The molecule has 2 aliphatic rings.